The Kier molecular flexibility index (Phi) is 2.36. The topological polar surface area (TPSA) is 19.9 Å². The Morgan fingerprint density at radius 2 is 1.94 bits per heavy atom. The van der Waals surface area contributed by atoms with Crippen molar-refractivity contribution in [3.63, 3.8) is 0 Å². The Bertz CT molecular complexity index is 413. The fourth-order valence-electron chi connectivity index (χ4n) is 3.41. The summed E-state index contributed by atoms with van der Waals surface area (Å²) in [6, 6.07) is 8.51. The predicted octanol–water partition coefficient (Wildman–Crippen LogP) is 3.79. The van der Waals surface area contributed by atoms with Crippen LogP contribution in [-0.2, 0) is 5.11 Å². The van der Waals surface area contributed by atoms with E-state index < -0.39 is 0 Å². The maximum absolute atomic E-state index is 11.6. The average Bonchev–Trinajstić information content (AvgIpc) is 2.96. The molecule has 1 fully saturated rings. The van der Waals surface area contributed by atoms with Gasteiger partial charge in [0.25, 0.3) is 0 Å². The quantitative estimate of drug-likeness (QED) is 0.712. The normalized spacial score (nSPS) is 25.9. The number of allylic oxidation sites excluding steroid dienone is 1. The average molecular weight is 213 g/mol. The van der Waals surface area contributed by atoms with Crippen molar-refractivity contribution < 1.29 is 5.11 Å². The highest BCUT2D eigenvalue weighted by molar-refractivity contribution is 5.63. The van der Waals surface area contributed by atoms with Gasteiger partial charge in [0.2, 0.25) is 0 Å². The first-order valence-corrected chi connectivity index (χ1v) is 6.21. The number of hydrogen-bond donors (Lipinski definition) is 0. The Morgan fingerprint density at radius 3 is 2.69 bits per heavy atom. The van der Waals surface area contributed by atoms with Crippen molar-refractivity contribution in [1.82, 2.24) is 0 Å². The molecule has 0 aromatic heterocycles. The van der Waals surface area contributed by atoms with Crippen LogP contribution < -0.4 is 0 Å². The molecule has 1 nitrogen and oxygen atoms in total. The molecule has 0 heterocycles. The highest BCUT2D eigenvalue weighted by Crippen LogP contribution is 2.52. The molecule has 1 atom stereocenters. The molecular formula is C15H17O. The molecule has 0 spiro atoms. The second-order valence-corrected chi connectivity index (χ2v) is 5.18. The van der Waals surface area contributed by atoms with Gasteiger partial charge in [-0.3, -0.25) is 0 Å². The molecule has 1 aromatic rings. The zero-order valence-electron chi connectivity index (χ0n) is 9.49. The molecule has 0 amide bonds. The molecule has 1 saturated carbocycles. The van der Waals surface area contributed by atoms with Gasteiger partial charge in [-0.25, -0.2) is 5.11 Å². The molecular weight excluding hydrogens is 196 g/mol. The van der Waals surface area contributed by atoms with Gasteiger partial charge in [-0.1, -0.05) is 49.3 Å². The van der Waals surface area contributed by atoms with Gasteiger partial charge in [0.05, 0.1) is 6.61 Å². The molecule has 1 unspecified atom stereocenters. The van der Waals surface area contributed by atoms with Crippen LogP contribution in [0.25, 0.3) is 6.08 Å². The van der Waals surface area contributed by atoms with Gasteiger partial charge in [0.15, 0.2) is 0 Å². The molecule has 1 heteroatoms. The van der Waals surface area contributed by atoms with E-state index in [1.807, 2.05) is 0 Å². The third-order valence-corrected chi connectivity index (χ3v) is 4.35. The minimum Gasteiger partial charge on any atom is -0.236 e. The molecule has 2 aliphatic rings. The number of rotatable bonds is 2. The highest BCUT2D eigenvalue weighted by Gasteiger charge is 2.42. The van der Waals surface area contributed by atoms with Crippen molar-refractivity contribution in [2.45, 2.75) is 31.6 Å². The van der Waals surface area contributed by atoms with Crippen LogP contribution >= 0.6 is 0 Å². The van der Waals surface area contributed by atoms with E-state index in [1.54, 1.807) is 0 Å². The van der Waals surface area contributed by atoms with Crippen LogP contribution in [0.1, 0.15) is 42.7 Å². The Morgan fingerprint density at radius 1 is 1.19 bits per heavy atom. The highest BCUT2D eigenvalue weighted by atomic mass is 16.3. The van der Waals surface area contributed by atoms with Crippen LogP contribution in [0.2, 0.25) is 0 Å². The van der Waals surface area contributed by atoms with Gasteiger partial charge < -0.3 is 0 Å². The molecule has 0 aliphatic heterocycles. The van der Waals surface area contributed by atoms with E-state index in [0.717, 1.165) is 12.8 Å². The van der Waals surface area contributed by atoms with Gasteiger partial charge in [-0.15, -0.1) is 0 Å². The first-order chi connectivity index (χ1) is 7.86. The molecule has 16 heavy (non-hydrogen) atoms. The fourth-order valence-corrected chi connectivity index (χ4v) is 3.41. The lowest BCUT2D eigenvalue weighted by Crippen LogP contribution is -2.27. The Balaban J connectivity index is 2.00. The standard InChI is InChI=1S/C15H17O/c16-11-15(9-3-4-10-15)14-8-7-12-5-1-2-6-13(12)14/h1-2,5-8,14H,3-4,9-11H2. The summed E-state index contributed by atoms with van der Waals surface area (Å²) in [6.07, 6.45) is 9.13. The van der Waals surface area contributed by atoms with Crippen LogP contribution in [0.5, 0.6) is 0 Å². The van der Waals surface area contributed by atoms with Crippen molar-refractivity contribution in [2.24, 2.45) is 5.41 Å². The Hall–Kier alpha value is -1.08. The van der Waals surface area contributed by atoms with Crippen molar-refractivity contribution in [1.29, 1.82) is 0 Å². The van der Waals surface area contributed by atoms with Crippen molar-refractivity contribution >= 4 is 6.08 Å². The van der Waals surface area contributed by atoms with Crippen LogP contribution in [0.15, 0.2) is 30.3 Å². The van der Waals surface area contributed by atoms with Crippen LogP contribution in [-0.4, -0.2) is 6.61 Å². The van der Waals surface area contributed by atoms with Crippen LogP contribution in [0.3, 0.4) is 0 Å². The van der Waals surface area contributed by atoms with Crippen molar-refractivity contribution in [3.8, 4) is 0 Å². The first kappa shape index (κ1) is 10.1. The first-order valence-electron chi connectivity index (χ1n) is 6.21. The largest absolute Gasteiger partial charge is 0.236 e. The summed E-state index contributed by atoms with van der Waals surface area (Å²) < 4.78 is 0. The second kappa shape index (κ2) is 3.74. The van der Waals surface area contributed by atoms with Crippen molar-refractivity contribution in [3.05, 3.63) is 41.5 Å². The third kappa shape index (κ3) is 1.35. The summed E-state index contributed by atoms with van der Waals surface area (Å²) in [5.41, 5.74) is 2.70. The smallest absolute Gasteiger partial charge is 0.0887 e. The summed E-state index contributed by atoms with van der Waals surface area (Å²) in [4.78, 5) is 0. The van der Waals surface area contributed by atoms with Gasteiger partial charge >= 0.3 is 0 Å². The number of benzene rings is 1. The van der Waals surface area contributed by atoms with E-state index in [1.165, 1.54) is 24.0 Å². The molecule has 2 aliphatic carbocycles. The minimum absolute atomic E-state index is 0.0170. The summed E-state index contributed by atoms with van der Waals surface area (Å²) in [5, 5.41) is 11.6. The van der Waals surface area contributed by atoms with Gasteiger partial charge in [-0.2, -0.15) is 0 Å². The van der Waals surface area contributed by atoms with Crippen LogP contribution in [0.4, 0.5) is 0 Å². The summed E-state index contributed by atoms with van der Waals surface area (Å²) >= 11 is 0. The lowest BCUT2D eigenvalue weighted by atomic mass is 9.72. The lowest BCUT2D eigenvalue weighted by Gasteiger charge is -2.32. The second-order valence-electron chi connectivity index (χ2n) is 5.18. The molecule has 83 valence electrons. The zero-order valence-corrected chi connectivity index (χ0v) is 9.49. The molecule has 1 aromatic carbocycles. The predicted molar refractivity (Wildman–Crippen MR) is 64.7 cm³/mol. The van der Waals surface area contributed by atoms with E-state index >= 15 is 0 Å². The van der Waals surface area contributed by atoms with Gasteiger partial charge in [-0.05, 0) is 24.0 Å². The maximum atomic E-state index is 11.6. The van der Waals surface area contributed by atoms with Crippen LogP contribution in [0, 0.1) is 5.41 Å². The summed E-state index contributed by atoms with van der Waals surface area (Å²) in [6.45, 7) is 0.0797. The van der Waals surface area contributed by atoms with E-state index in [4.69, 9.17) is 0 Å². The third-order valence-electron chi connectivity index (χ3n) is 4.35. The Labute approximate surface area is 96.8 Å². The zero-order chi connectivity index (χ0) is 11.0. The van der Waals surface area contributed by atoms with Crippen molar-refractivity contribution in [2.75, 3.05) is 6.61 Å². The lowest BCUT2D eigenvalue weighted by molar-refractivity contribution is 0.0619. The SMILES string of the molecule is [O]CC1(C2C=Cc3ccccc32)CCCC1. The van der Waals surface area contributed by atoms with Gasteiger partial charge in [0, 0.05) is 11.3 Å². The van der Waals surface area contributed by atoms with E-state index in [9.17, 15) is 5.11 Å². The monoisotopic (exact) mass is 213 g/mol. The van der Waals surface area contributed by atoms with E-state index in [0.29, 0.717) is 5.92 Å². The fraction of sp³-hybridized carbons (Fsp3) is 0.467. The molecule has 3 rings (SSSR count). The molecule has 0 saturated heterocycles. The molecule has 1 radical (unpaired) electrons. The van der Waals surface area contributed by atoms with E-state index in [2.05, 4.69) is 36.4 Å². The summed E-state index contributed by atoms with van der Waals surface area (Å²) in [7, 11) is 0. The molecule has 0 bridgehead atoms. The summed E-state index contributed by atoms with van der Waals surface area (Å²) in [5.74, 6) is 0.378. The number of hydrogen-bond acceptors (Lipinski definition) is 0. The van der Waals surface area contributed by atoms with Gasteiger partial charge in [0.1, 0.15) is 0 Å². The minimum atomic E-state index is 0.0170. The number of fused-ring (bicyclic) bond motifs is 1. The molecule has 0 N–H and O–H groups in total. The van der Waals surface area contributed by atoms with E-state index in [-0.39, 0.29) is 12.0 Å². The maximum Gasteiger partial charge on any atom is 0.0887 e.